The van der Waals surface area contributed by atoms with Gasteiger partial charge < -0.3 is 28.8 Å². The lowest BCUT2D eigenvalue weighted by Crippen LogP contribution is -2.45. The average molecular weight is 785 g/mol. The Kier molecular flexibility index (Phi) is 36.8. The van der Waals surface area contributed by atoms with Crippen molar-refractivity contribution in [3.8, 4) is 0 Å². The van der Waals surface area contributed by atoms with E-state index in [1.807, 2.05) is 27.2 Å². The van der Waals surface area contributed by atoms with Crippen molar-refractivity contribution >= 4 is 13.7 Å². The Bertz CT molecular complexity index is 938. The Balaban J connectivity index is 4.24. The lowest BCUT2D eigenvalue weighted by Gasteiger charge is -2.29. The molecule has 54 heavy (non-hydrogen) atoms. The van der Waals surface area contributed by atoms with Gasteiger partial charge in [0.2, 0.25) is 5.91 Å². The van der Waals surface area contributed by atoms with Crippen molar-refractivity contribution in [1.29, 1.82) is 0 Å². The van der Waals surface area contributed by atoms with E-state index in [2.05, 4.69) is 25.2 Å². The maximum absolute atomic E-state index is 12.8. The second-order valence-electron chi connectivity index (χ2n) is 16.8. The molecule has 0 fully saturated rings. The molecule has 0 radical (unpaired) electrons. The first-order valence-corrected chi connectivity index (χ1v) is 24.2. The van der Waals surface area contributed by atoms with E-state index in [9.17, 15) is 19.4 Å². The maximum Gasteiger partial charge on any atom is 0.268 e. The Hall–Kier alpha value is -1.02. The van der Waals surface area contributed by atoms with Gasteiger partial charge in [-0.3, -0.25) is 9.36 Å². The van der Waals surface area contributed by atoms with Crippen LogP contribution in [-0.2, 0) is 18.4 Å². The van der Waals surface area contributed by atoms with Crippen LogP contribution in [0, 0.1) is 0 Å². The summed E-state index contributed by atoms with van der Waals surface area (Å²) in [4.78, 5) is 25.2. The van der Waals surface area contributed by atoms with Crippen molar-refractivity contribution in [3.05, 3.63) is 24.3 Å². The van der Waals surface area contributed by atoms with Crippen molar-refractivity contribution in [2.24, 2.45) is 0 Å². The summed E-state index contributed by atoms with van der Waals surface area (Å²) in [5.74, 6) is -0.213. The van der Waals surface area contributed by atoms with Gasteiger partial charge in [-0.15, -0.1) is 0 Å². The van der Waals surface area contributed by atoms with Crippen LogP contribution in [0.5, 0.6) is 0 Å². The lowest BCUT2D eigenvalue weighted by atomic mass is 10.0. The van der Waals surface area contributed by atoms with Gasteiger partial charge in [0.15, 0.2) is 0 Å². The molecule has 0 aromatic carbocycles. The molecule has 0 aliphatic carbocycles. The Morgan fingerprint density at radius 1 is 0.648 bits per heavy atom. The molecule has 0 aromatic heterocycles. The topological polar surface area (TPSA) is 108 Å². The van der Waals surface area contributed by atoms with Gasteiger partial charge in [0.1, 0.15) is 13.2 Å². The molecule has 0 spiro atoms. The molecule has 9 heteroatoms. The number of amides is 1. The molecule has 0 aliphatic rings. The number of quaternary nitrogens is 1. The Morgan fingerprint density at radius 3 is 1.48 bits per heavy atom. The normalized spacial score (nSPS) is 14.6. The number of hydrogen-bond donors (Lipinski definition) is 2. The van der Waals surface area contributed by atoms with E-state index < -0.39 is 26.6 Å². The number of carbonyl (C=O) groups excluding carboxylic acids is 1. The van der Waals surface area contributed by atoms with Crippen molar-refractivity contribution < 1.29 is 32.9 Å². The molecule has 0 heterocycles. The van der Waals surface area contributed by atoms with E-state index in [1.165, 1.54) is 154 Å². The number of aliphatic hydroxyl groups excluding tert-OH is 1. The van der Waals surface area contributed by atoms with Gasteiger partial charge in [0.25, 0.3) is 7.82 Å². The summed E-state index contributed by atoms with van der Waals surface area (Å²) in [6.07, 6.45) is 43.9. The summed E-state index contributed by atoms with van der Waals surface area (Å²) in [5.41, 5.74) is 0. The van der Waals surface area contributed by atoms with Crippen LogP contribution in [0.25, 0.3) is 0 Å². The lowest BCUT2D eigenvalue weighted by molar-refractivity contribution is -0.870. The highest BCUT2D eigenvalue weighted by Gasteiger charge is 2.23. The quantitative estimate of drug-likeness (QED) is 0.0277. The molecule has 8 nitrogen and oxygen atoms in total. The number of phosphoric ester groups is 1. The number of nitrogens with zero attached hydrogens (tertiary/aromatic N) is 1. The molecule has 0 saturated heterocycles. The Morgan fingerprint density at radius 2 is 1.06 bits per heavy atom. The number of likely N-dealkylation sites (N-methyl/N-ethyl adjacent to an activating group) is 1. The Labute approximate surface area is 334 Å². The standard InChI is InChI=1S/C45H89N2O6P/c1-6-8-10-12-14-16-18-19-20-21-22-23-24-25-26-27-28-29-31-33-35-37-39-45(49)46-43(42-53-54(50,51)52-41-40-47(3,4)5)44(48)38-36-34-32-30-17-15-13-11-9-7-2/h32,34,36,38,43-44,48H,6-31,33,35,37,39-42H2,1-5H3,(H-,46,49,50,51)/b34-32+,38-36+/t43-,44+/m0/s1. The van der Waals surface area contributed by atoms with E-state index >= 15 is 0 Å². The minimum Gasteiger partial charge on any atom is -0.756 e. The van der Waals surface area contributed by atoms with Crippen LogP contribution >= 0.6 is 7.82 Å². The van der Waals surface area contributed by atoms with Gasteiger partial charge in [-0.2, -0.15) is 0 Å². The summed E-state index contributed by atoms with van der Waals surface area (Å²) in [6.45, 7) is 4.59. The highest BCUT2D eigenvalue weighted by atomic mass is 31.2. The van der Waals surface area contributed by atoms with Crippen molar-refractivity contribution in [2.45, 2.75) is 219 Å². The largest absolute Gasteiger partial charge is 0.756 e. The molecule has 2 N–H and O–H groups in total. The predicted molar refractivity (Wildman–Crippen MR) is 228 cm³/mol. The third kappa shape index (κ3) is 39.2. The zero-order chi connectivity index (χ0) is 40.0. The summed E-state index contributed by atoms with van der Waals surface area (Å²) < 4.78 is 23.1. The SMILES string of the molecule is CCCCCCCC/C=C/C=C/[C@@H](O)[C@H](COP(=O)([O-])OCC[N+](C)(C)C)NC(=O)CCCCCCCCCCCCCCCCCCCCCCCC. The number of nitrogens with one attached hydrogen (secondary N) is 1. The molecule has 1 unspecified atom stereocenters. The molecule has 0 saturated carbocycles. The molecular weight excluding hydrogens is 695 g/mol. The first kappa shape index (κ1) is 53.0. The van der Waals surface area contributed by atoms with Crippen LogP contribution in [0.15, 0.2) is 24.3 Å². The zero-order valence-electron chi connectivity index (χ0n) is 36.2. The highest BCUT2D eigenvalue weighted by molar-refractivity contribution is 7.45. The fourth-order valence-corrected chi connectivity index (χ4v) is 7.29. The van der Waals surface area contributed by atoms with Crippen molar-refractivity contribution in [3.63, 3.8) is 0 Å². The summed E-state index contributed by atoms with van der Waals surface area (Å²) >= 11 is 0. The van der Waals surface area contributed by atoms with Gasteiger partial charge >= 0.3 is 0 Å². The first-order chi connectivity index (χ1) is 26.0. The summed E-state index contributed by atoms with van der Waals surface area (Å²) in [7, 11) is 1.24. The van der Waals surface area contributed by atoms with Crippen LogP contribution in [0.2, 0.25) is 0 Å². The molecule has 1 amide bonds. The summed E-state index contributed by atoms with van der Waals surface area (Å²) in [6, 6.07) is -0.912. The van der Waals surface area contributed by atoms with E-state index in [-0.39, 0.29) is 12.5 Å². The third-order valence-corrected chi connectivity index (χ3v) is 11.2. The molecular formula is C45H89N2O6P. The third-order valence-electron chi connectivity index (χ3n) is 10.2. The van der Waals surface area contributed by atoms with Crippen LogP contribution in [-0.4, -0.2) is 68.5 Å². The molecule has 3 atom stereocenters. The molecule has 0 rings (SSSR count). The first-order valence-electron chi connectivity index (χ1n) is 22.7. The number of carbonyl (C=O) groups is 1. The van der Waals surface area contributed by atoms with E-state index in [0.29, 0.717) is 17.4 Å². The second-order valence-corrected chi connectivity index (χ2v) is 18.2. The zero-order valence-corrected chi connectivity index (χ0v) is 37.1. The number of aliphatic hydroxyl groups is 1. The maximum atomic E-state index is 12.8. The second kappa shape index (κ2) is 37.6. The number of rotatable bonds is 41. The van der Waals surface area contributed by atoms with Gasteiger partial charge in [-0.1, -0.05) is 205 Å². The smallest absolute Gasteiger partial charge is 0.268 e. The van der Waals surface area contributed by atoms with Crippen LogP contribution in [0.1, 0.15) is 206 Å². The monoisotopic (exact) mass is 785 g/mol. The number of phosphoric acid groups is 1. The van der Waals surface area contributed by atoms with Crippen LogP contribution < -0.4 is 10.2 Å². The fraction of sp³-hybridized carbons (Fsp3) is 0.889. The van der Waals surface area contributed by atoms with Gasteiger partial charge in [-0.25, -0.2) is 0 Å². The van der Waals surface area contributed by atoms with Crippen molar-refractivity contribution in [1.82, 2.24) is 5.32 Å². The predicted octanol–water partition coefficient (Wildman–Crippen LogP) is 11.9. The highest BCUT2D eigenvalue weighted by Crippen LogP contribution is 2.38. The van der Waals surface area contributed by atoms with E-state index in [0.717, 1.165) is 32.1 Å². The number of hydrogen-bond acceptors (Lipinski definition) is 6. The molecule has 0 bridgehead atoms. The van der Waals surface area contributed by atoms with Crippen LogP contribution in [0.4, 0.5) is 0 Å². The van der Waals surface area contributed by atoms with Crippen molar-refractivity contribution in [2.75, 3.05) is 40.9 Å². The summed E-state index contributed by atoms with van der Waals surface area (Å²) in [5, 5.41) is 13.7. The molecule has 0 aromatic rings. The van der Waals surface area contributed by atoms with Gasteiger partial charge in [-0.05, 0) is 19.3 Å². The number of unbranched alkanes of at least 4 members (excludes halogenated alkanes) is 27. The minimum atomic E-state index is -4.59. The van der Waals surface area contributed by atoms with E-state index in [1.54, 1.807) is 12.2 Å². The molecule has 0 aliphatic heterocycles. The van der Waals surface area contributed by atoms with Crippen LogP contribution in [0.3, 0.4) is 0 Å². The minimum absolute atomic E-state index is 0.00728. The van der Waals surface area contributed by atoms with Gasteiger partial charge in [0, 0.05) is 6.42 Å². The number of allylic oxidation sites excluding steroid dienone is 3. The fourth-order valence-electron chi connectivity index (χ4n) is 6.56. The molecule has 320 valence electrons. The van der Waals surface area contributed by atoms with Gasteiger partial charge in [0.05, 0.1) is 39.9 Å². The van der Waals surface area contributed by atoms with E-state index in [4.69, 9.17) is 9.05 Å². The average Bonchev–Trinajstić information content (AvgIpc) is 3.12.